The van der Waals surface area contributed by atoms with Crippen LogP contribution in [0.3, 0.4) is 0 Å². The van der Waals surface area contributed by atoms with E-state index in [0.29, 0.717) is 5.78 Å². The number of carbonyl (C=O) groups is 1. The highest BCUT2D eigenvalue weighted by molar-refractivity contribution is 5.81. The number of hydrogen-bond acceptors (Lipinski definition) is 3. The number of ether oxygens (including phenoxy) is 2. The molecule has 1 saturated carbocycles. The van der Waals surface area contributed by atoms with Gasteiger partial charge in [0.15, 0.2) is 6.29 Å². The third-order valence-corrected chi connectivity index (χ3v) is 4.49. The van der Waals surface area contributed by atoms with Gasteiger partial charge in [0.25, 0.3) is 0 Å². The summed E-state index contributed by atoms with van der Waals surface area (Å²) in [6.07, 6.45) is 8.14. The van der Waals surface area contributed by atoms with Crippen molar-refractivity contribution >= 4 is 5.78 Å². The monoisotopic (exact) mass is 288 g/mol. The van der Waals surface area contributed by atoms with Gasteiger partial charge >= 0.3 is 0 Å². The van der Waals surface area contributed by atoms with Crippen LogP contribution in [0.1, 0.15) is 50.5 Å². The highest BCUT2D eigenvalue weighted by atomic mass is 16.7. The second-order valence-electron chi connectivity index (χ2n) is 6.17. The van der Waals surface area contributed by atoms with Gasteiger partial charge in [-0.05, 0) is 49.8 Å². The van der Waals surface area contributed by atoms with Crippen molar-refractivity contribution in [2.45, 2.75) is 57.7 Å². The predicted molar refractivity (Wildman–Crippen MR) is 81.3 cm³/mol. The second-order valence-corrected chi connectivity index (χ2v) is 6.17. The van der Waals surface area contributed by atoms with Crippen LogP contribution in [0.2, 0.25) is 0 Å². The van der Waals surface area contributed by atoms with Crippen LogP contribution in [0.5, 0.6) is 5.75 Å². The van der Waals surface area contributed by atoms with E-state index >= 15 is 0 Å². The van der Waals surface area contributed by atoms with E-state index in [0.717, 1.165) is 50.9 Å². The average molecular weight is 288 g/mol. The summed E-state index contributed by atoms with van der Waals surface area (Å²) in [7, 11) is 0. The van der Waals surface area contributed by atoms with Crippen LogP contribution in [0.15, 0.2) is 24.3 Å². The number of Topliss-reactive ketones (excluding diaryl/α,β-unsaturated/α-hetero) is 1. The molecule has 0 aromatic heterocycles. The third-order valence-electron chi connectivity index (χ3n) is 4.49. The summed E-state index contributed by atoms with van der Waals surface area (Å²) in [6.45, 7) is 0.798. The Hall–Kier alpha value is -1.35. The Morgan fingerprint density at radius 3 is 2.57 bits per heavy atom. The quantitative estimate of drug-likeness (QED) is 0.843. The van der Waals surface area contributed by atoms with E-state index in [4.69, 9.17) is 9.47 Å². The van der Waals surface area contributed by atoms with Crippen molar-refractivity contribution in [3.8, 4) is 5.75 Å². The third kappa shape index (κ3) is 4.07. The van der Waals surface area contributed by atoms with Crippen LogP contribution in [0.25, 0.3) is 0 Å². The minimum absolute atomic E-state index is 0.0930. The summed E-state index contributed by atoms with van der Waals surface area (Å²) in [6, 6.07) is 8.17. The van der Waals surface area contributed by atoms with Crippen molar-refractivity contribution in [1.29, 1.82) is 0 Å². The molecule has 0 amide bonds. The Kier molecular flexibility index (Phi) is 4.91. The Balaban J connectivity index is 1.54. The van der Waals surface area contributed by atoms with Gasteiger partial charge in [0.2, 0.25) is 0 Å². The summed E-state index contributed by atoms with van der Waals surface area (Å²) >= 11 is 0. The molecule has 21 heavy (non-hydrogen) atoms. The number of ketones is 1. The molecule has 1 aromatic carbocycles. The lowest BCUT2D eigenvalue weighted by atomic mass is 9.84. The summed E-state index contributed by atoms with van der Waals surface area (Å²) in [5, 5.41) is 0. The zero-order chi connectivity index (χ0) is 14.5. The molecule has 0 bridgehead atoms. The smallest absolute Gasteiger partial charge is 0.199 e. The highest BCUT2D eigenvalue weighted by Gasteiger charge is 2.22. The molecule has 3 rings (SSSR count). The summed E-state index contributed by atoms with van der Waals surface area (Å²) in [5.74, 6) is 1.53. The molecule has 1 aromatic rings. The Morgan fingerprint density at radius 2 is 1.86 bits per heavy atom. The fourth-order valence-corrected chi connectivity index (χ4v) is 3.22. The molecular formula is C18H24O3. The lowest BCUT2D eigenvalue weighted by Crippen LogP contribution is -2.25. The van der Waals surface area contributed by atoms with Crippen molar-refractivity contribution in [1.82, 2.24) is 0 Å². The van der Waals surface area contributed by atoms with Crippen molar-refractivity contribution < 1.29 is 14.3 Å². The van der Waals surface area contributed by atoms with Gasteiger partial charge in [-0.15, -0.1) is 0 Å². The maximum atomic E-state index is 11.9. The van der Waals surface area contributed by atoms with Crippen molar-refractivity contribution in [3.05, 3.63) is 29.8 Å². The first-order valence-corrected chi connectivity index (χ1v) is 8.21. The van der Waals surface area contributed by atoms with Crippen LogP contribution >= 0.6 is 0 Å². The summed E-state index contributed by atoms with van der Waals surface area (Å²) < 4.78 is 11.4. The maximum absolute atomic E-state index is 11.9. The fraction of sp³-hybridized carbons (Fsp3) is 0.611. The first kappa shape index (κ1) is 14.6. The van der Waals surface area contributed by atoms with Crippen LogP contribution < -0.4 is 4.74 Å². The fourth-order valence-electron chi connectivity index (χ4n) is 3.22. The molecule has 1 saturated heterocycles. The first-order chi connectivity index (χ1) is 10.3. The lowest BCUT2D eigenvalue weighted by Gasteiger charge is -2.23. The predicted octanol–water partition coefficient (Wildman–Crippen LogP) is 3.89. The molecule has 0 radical (unpaired) electrons. The Morgan fingerprint density at radius 1 is 1.05 bits per heavy atom. The van der Waals surface area contributed by atoms with E-state index in [2.05, 4.69) is 12.1 Å². The van der Waals surface area contributed by atoms with Crippen LogP contribution in [-0.4, -0.2) is 18.7 Å². The molecule has 114 valence electrons. The van der Waals surface area contributed by atoms with Crippen molar-refractivity contribution in [2.24, 2.45) is 5.92 Å². The first-order valence-electron chi connectivity index (χ1n) is 8.21. The summed E-state index contributed by atoms with van der Waals surface area (Å²) in [4.78, 5) is 11.9. The molecule has 2 fully saturated rings. The SMILES string of the molecule is O=C1CCCCC1Cc1ccc(OC2CCCCO2)cc1. The van der Waals surface area contributed by atoms with Gasteiger partial charge in [0.05, 0.1) is 6.61 Å². The topological polar surface area (TPSA) is 35.5 Å². The van der Waals surface area contributed by atoms with E-state index in [-0.39, 0.29) is 12.2 Å². The molecule has 2 unspecified atom stereocenters. The molecule has 3 nitrogen and oxygen atoms in total. The second kappa shape index (κ2) is 7.08. The van der Waals surface area contributed by atoms with Gasteiger partial charge in [0, 0.05) is 18.8 Å². The van der Waals surface area contributed by atoms with E-state index in [9.17, 15) is 4.79 Å². The molecular weight excluding hydrogens is 264 g/mol. The molecule has 0 spiro atoms. The molecule has 3 heteroatoms. The lowest BCUT2D eigenvalue weighted by molar-refractivity contribution is -0.124. The molecule has 1 heterocycles. The Labute approximate surface area is 126 Å². The number of benzene rings is 1. The largest absolute Gasteiger partial charge is 0.465 e. The normalized spacial score (nSPS) is 26.6. The van der Waals surface area contributed by atoms with Gasteiger partial charge in [-0.1, -0.05) is 18.6 Å². The van der Waals surface area contributed by atoms with Gasteiger partial charge in [-0.3, -0.25) is 4.79 Å². The molecule has 1 aliphatic carbocycles. The van der Waals surface area contributed by atoms with Gasteiger partial charge in [-0.2, -0.15) is 0 Å². The summed E-state index contributed by atoms with van der Waals surface area (Å²) in [5.41, 5.74) is 1.23. The van der Waals surface area contributed by atoms with E-state index in [1.807, 2.05) is 12.1 Å². The van der Waals surface area contributed by atoms with E-state index in [1.165, 1.54) is 18.4 Å². The minimum Gasteiger partial charge on any atom is -0.465 e. The Bertz CT molecular complexity index is 460. The molecule has 2 aliphatic rings. The zero-order valence-electron chi connectivity index (χ0n) is 12.6. The van der Waals surface area contributed by atoms with Gasteiger partial charge < -0.3 is 9.47 Å². The standard InChI is InChI=1S/C18H24O3/c19-17-6-2-1-5-15(17)13-14-8-10-16(11-9-14)21-18-7-3-4-12-20-18/h8-11,15,18H,1-7,12-13H2. The minimum atomic E-state index is -0.0930. The van der Waals surface area contributed by atoms with Crippen molar-refractivity contribution in [2.75, 3.05) is 6.61 Å². The van der Waals surface area contributed by atoms with Crippen molar-refractivity contribution in [3.63, 3.8) is 0 Å². The van der Waals surface area contributed by atoms with Gasteiger partial charge in [0.1, 0.15) is 11.5 Å². The zero-order valence-corrected chi connectivity index (χ0v) is 12.6. The van der Waals surface area contributed by atoms with E-state index < -0.39 is 0 Å². The molecule has 2 atom stereocenters. The van der Waals surface area contributed by atoms with E-state index in [1.54, 1.807) is 0 Å². The highest BCUT2D eigenvalue weighted by Crippen LogP contribution is 2.25. The number of hydrogen-bond donors (Lipinski definition) is 0. The average Bonchev–Trinajstić information content (AvgIpc) is 2.52. The van der Waals surface area contributed by atoms with Crippen LogP contribution in [0.4, 0.5) is 0 Å². The molecule has 0 N–H and O–H groups in total. The van der Waals surface area contributed by atoms with Gasteiger partial charge in [-0.25, -0.2) is 0 Å². The maximum Gasteiger partial charge on any atom is 0.199 e. The van der Waals surface area contributed by atoms with Crippen LogP contribution in [-0.2, 0) is 16.0 Å². The number of rotatable bonds is 4. The van der Waals surface area contributed by atoms with Crippen LogP contribution in [0, 0.1) is 5.92 Å². The molecule has 1 aliphatic heterocycles. The number of carbonyl (C=O) groups excluding carboxylic acids is 1.